The van der Waals surface area contributed by atoms with Crippen LogP contribution < -0.4 is 0 Å². The molecule has 5 N–H and O–H groups in total. The number of benzene rings is 3. The highest BCUT2D eigenvalue weighted by Gasteiger charge is 2.43. The Hall–Kier alpha value is -6.11. The van der Waals surface area contributed by atoms with Gasteiger partial charge in [0.2, 0.25) is 12.2 Å². The van der Waals surface area contributed by atoms with Crippen LogP contribution in [-0.2, 0) is 85.5 Å². The number of halogens is 3. The second kappa shape index (κ2) is 62.9. The molecule has 3 aromatic rings. The number of rotatable bonds is 45. The summed E-state index contributed by atoms with van der Waals surface area (Å²) in [5, 5.41) is 44.0. The molecule has 118 heavy (non-hydrogen) atoms. The van der Waals surface area contributed by atoms with Crippen LogP contribution in [0.15, 0.2) is 91.0 Å². The summed E-state index contributed by atoms with van der Waals surface area (Å²) in [6.07, 6.45) is 22.3. The molecular formula is C89H138Cl3NO25. The standard InChI is InChI=1S/2C24H36O6.C16H18Cl3NO4.C15H28O6.C10H20O3/c2*1-18-17-21(30-23(26)20-13-9-8-10-14-20)24(29-19(18)2)28-16-12-7-5-4-6-11-15-22(25)27-3;1-9-8-12(23-13(21)11-6-4-3-5-7-11)14(22-10(9)2)24-15(20)16(17,18)19;1-11-12(16)10-13(17)15(21-11)20-9-7-5-3-2-4-6-8-14(18)19;1-13-10(12)8-6-4-2-3-5-7-9-11/h2*8-10,13-14,18-19,21,24H,4-7,11-12,15-17H2,1-3H3;3-7,9-10,12,14,20H,8H2,1-2H3;11-13,15-17H,2-10H2,1H3,(H,18,19);11H,2-9H2,1H3/t2*18-,19?,21?,24-;9-,10?,12?,14+;11?,12-,13?,15-;/m1111./s1. The van der Waals surface area contributed by atoms with Crippen LogP contribution >= 0.6 is 34.8 Å². The average Bonchev–Trinajstić information content (AvgIpc) is 0.829. The molecule has 0 aliphatic carbocycles. The second-order valence-corrected chi connectivity index (χ2v) is 32.9. The highest BCUT2D eigenvalue weighted by molar-refractivity contribution is 6.76. The van der Waals surface area contributed by atoms with Gasteiger partial charge in [0.1, 0.15) is 6.10 Å². The molecule has 0 aromatic heterocycles. The van der Waals surface area contributed by atoms with Crippen LogP contribution in [0.1, 0.15) is 285 Å². The zero-order chi connectivity index (χ0) is 87.1. The number of alkyl halides is 3. The number of hydrogen-bond acceptors (Lipinski definition) is 25. The number of hydrogen-bond donors (Lipinski definition) is 5. The van der Waals surface area contributed by atoms with Crippen LogP contribution in [0.5, 0.6) is 0 Å². The summed E-state index contributed by atoms with van der Waals surface area (Å²) in [7, 11) is 4.27. The van der Waals surface area contributed by atoms with Crippen molar-refractivity contribution in [1.82, 2.24) is 0 Å². The maximum absolute atomic E-state index is 12.4. The van der Waals surface area contributed by atoms with Gasteiger partial charge in [-0.15, -0.1) is 0 Å². The predicted octanol–water partition coefficient (Wildman–Crippen LogP) is 17.7. The Balaban J connectivity index is 0.000000390. The number of ether oxygens (including phenoxy) is 14. The Morgan fingerprint density at radius 3 is 0.966 bits per heavy atom. The van der Waals surface area contributed by atoms with Gasteiger partial charge in [0.05, 0.1) is 68.5 Å². The Kier molecular flexibility index (Phi) is 56.6. The minimum Gasteiger partial charge on any atom is -0.481 e. The fourth-order valence-corrected chi connectivity index (χ4v) is 13.0. The number of aliphatic carboxylic acids is 1. The number of aliphatic hydroxyl groups is 3. The molecule has 4 saturated heterocycles. The molecule has 4 fully saturated rings. The van der Waals surface area contributed by atoms with Crippen molar-refractivity contribution in [2.45, 2.75) is 338 Å². The maximum atomic E-state index is 12.4. The molecule has 8 unspecified atom stereocenters. The highest BCUT2D eigenvalue weighted by Crippen LogP contribution is 2.35. The third-order valence-corrected chi connectivity index (χ3v) is 21.3. The predicted molar refractivity (Wildman–Crippen MR) is 449 cm³/mol. The number of aliphatic hydroxyl groups excluding tert-OH is 3. The molecule has 4 aliphatic rings. The molecule has 0 radical (unpaired) electrons. The van der Waals surface area contributed by atoms with Gasteiger partial charge in [0.25, 0.3) is 3.79 Å². The van der Waals surface area contributed by atoms with E-state index in [1.807, 2.05) is 64.1 Å². The van der Waals surface area contributed by atoms with E-state index in [1.54, 1.807) is 61.5 Å². The SMILES string of the molecule is CC1O[C@@H](OC(=N)C(Cl)(Cl)Cl)C(OC(=O)c2ccccc2)C[C@H]1C.CC1O[C@@H](OCCCCCCCCC(=O)O)C(O)C[C@H]1O.COC(=O)CCCCCCCCO.COC(=O)CCCCCCCCO[C@@H]1OC(C)[C@H](C)CC1OC(=O)c1ccccc1.COC(=O)CCCCCCCCO[C@@H]1OC(C)[C@H](C)CC1OC(=O)c1ccccc1. The van der Waals surface area contributed by atoms with Gasteiger partial charge in [-0.2, -0.15) is 0 Å². The smallest absolute Gasteiger partial charge is 0.338 e. The van der Waals surface area contributed by atoms with Crippen LogP contribution in [0.3, 0.4) is 0 Å². The number of nitrogens with one attached hydrogen (secondary N) is 1. The van der Waals surface area contributed by atoms with Crippen LogP contribution in [0.2, 0.25) is 0 Å². The van der Waals surface area contributed by atoms with Crippen molar-refractivity contribution in [2.24, 2.45) is 17.8 Å². The van der Waals surface area contributed by atoms with Gasteiger partial charge in [0.15, 0.2) is 37.2 Å². The lowest BCUT2D eigenvalue weighted by Gasteiger charge is -2.38. The van der Waals surface area contributed by atoms with Crippen molar-refractivity contribution in [3.05, 3.63) is 108 Å². The molecule has 16 atom stereocenters. The Morgan fingerprint density at radius 1 is 0.373 bits per heavy atom. The van der Waals surface area contributed by atoms with E-state index in [1.165, 1.54) is 21.3 Å². The summed E-state index contributed by atoms with van der Waals surface area (Å²) < 4.78 is 74.6. The number of carboxylic acids is 1. The molecule has 0 bridgehead atoms. The molecule has 29 heteroatoms. The number of carboxylic acid groups (broad SMARTS) is 1. The average molecular weight is 1730 g/mol. The number of esters is 6. The molecule has 7 rings (SSSR count). The maximum Gasteiger partial charge on any atom is 0.338 e. The molecule has 670 valence electrons. The molecule has 3 aromatic carbocycles. The first-order valence-electron chi connectivity index (χ1n) is 42.5. The van der Waals surface area contributed by atoms with Gasteiger partial charge in [-0.1, -0.05) is 213 Å². The van der Waals surface area contributed by atoms with Crippen molar-refractivity contribution >= 4 is 82.5 Å². The third-order valence-electron chi connectivity index (χ3n) is 20.8. The third kappa shape index (κ3) is 46.8. The molecule has 4 heterocycles. The van der Waals surface area contributed by atoms with Crippen molar-refractivity contribution in [1.29, 1.82) is 5.41 Å². The molecule has 0 spiro atoms. The lowest BCUT2D eigenvalue weighted by molar-refractivity contribution is -0.261. The lowest BCUT2D eigenvalue weighted by atomic mass is 9.95. The van der Waals surface area contributed by atoms with E-state index in [-0.39, 0.29) is 73.0 Å². The quantitative estimate of drug-likeness (QED) is 0.00876. The normalized spacial score (nSPS) is 24.0. The summed E-state index contributed by atoms with van der Waals surface area (Å²) in [5.41, 5.74) is 1.49. The van der Waals surface area contributed by atoms with Crippen LogP contribution in [0, 0.1) is 23.2 Å². The summed E-state index contributed by atoms with van der Waals surface area (Å²) in [4.78, 5) is 80.3. The number of carbonyl (C=O) groups excluding carboxylic acids is 6. The Morgan fingerprint density at radius 2 is 0.653 bits per heavy atom. The van der Waals surface area contributed by atoms with Crippen LogP contribution in [-0.4, -0.2) is 200 Å². The van der Waals surface area contributed by atoms with Crippen molar-refractivity contribution in [3.8, 4) is 0 Å². The molecular weight excluding hydrogens is 1590 g/mol. The Labute approximate surface area is 715 Å². The van der Waals surface area contributed by atoms with Gasteiger partial charge in [-0.05, 0) is 152 Å². The van der Waals surface area contributed by atoms with E-state index in [0.29, 0.717) is 80.6 Å². The van der Waals surface area contributed by atoms with Crippen LogP contribution in [0.4, 0.5) is 0 Å². The van der Waals surface area contributed by atoms with E-state index in [9.17, 15) is 43.8 Å². The largest absolute Gasteiger partial charge is 0.481 e. The summed E-state index contributed by atoms with van der Waals surface area (Å²) in [6, 6.07) is 26.6. The summed E-state index contributed by atoms with van der Waals surface area (Å²) in [6.45, 7) is 15.9. The zero-order valence-corrected chi connectivity index (χ0v) is 73.6. The monoisotopic (exact) mass is 1730 g/mol. The number of carbonyl (C=O) groups is 7. The zero-order valence-electron chi connectivity index (χ0n) is 71.3. The van der Waals surface area contributed by atoms with E-state index >= 15 is 0 Å². The van der Waals surface area contributed by atoms with Crippen molar-refractivity contribution in [2.75, 3.05) is 47.8 Å². The fraction of sp³-hybridized carbons (Fsp3) is 0.708. The van der Waals surface area contributed by atoms with Crippen molar-refractivity contribution in [3.63, 3.8) is 0 Å². The molecule has 4 aliphatic heterocycles. The second-order valence-electron chi connectivity index (χ2n) is 30.7. The summed E-state index contributed by atoms with van der Waals surface area (Å²) >= 11 is 16.9. The van der Waals surface area contributed by atoms with Gasteiger partial charge >= 0.3 is 41.8 Å². The molecule has 0 amide bonds. The first kappa shape index (κ1) is 106. The summed E-state index contributed by atoms with van der Waals surface area (Å²) in [5.74, 6) is -2.15. The van der Waals surface area contributed by atoms with Gasteiger partial charge < -0.3 is 86.7 Å². The highest BCUT2D eigenvalue weighted by atomic mass is 35.6. The molecule has 26 nitrogen and oxygen atoms in total. The van der Waals surface area contributed by atoms with Crippen LogP contribution in [0.25, 0.3) is 0 Å². The van der Waals surface area contributed by atoms with Gasteiger partial charge in [-0.3, -0.25) is 24.6 Å². The lowest BCUT2D eigenvalue weighted by Crippen LogP contribution is -2.47. The molecule has 0 saturated carbocycles. The van der Waals surface area contributed by atoms with E-state index in [2.05, 4.69) is 28.1 Å². The van der Waals surface area contributed by atoms with E-state index in [4.69, 9.17) is 103 Å². The number of methoxy groups -OCH3 is 3. The van der Waals surface area contributed by atoms with E-state index < -0.39 is 77.3 Å². The Bertz CT molecular complexity index is 3080. The first-order chi connectivity index (χ1) is 56.5. The fourth-order valence-electron chi connectivity index (χ4n) is 12.9. The first-order valence-corrected chi connectivity index (χ1v) is 43.6. The van der Waals surface area contributed by atoms with Gasteiger partial charge in [-0.25, -0.2) is 14.4 Å². The van der Waals surface area contributed by atoms with Gasteiger partial charge in [0, 0.05) is 58.5 Å². The van der Waals surface area contributed by atoms with Crippen molar-refractivity contribution < 1.29 is 120 Å². The minimum atomic E-state index is -2.01. The minimum absolute atomic E-state index is 0.0662. The topological polar surface area (TPSA) is 353 Å². The van der Waals surface area contributed by atoms with E-state index in [0.717, 1.165) is 167 Å². The number of unbranched alkanes of at least 4 members (excludes halogenated alkanes) is 20.